The molecule has 0 spiro atoms. The molecule has 0 bridgehead atoms. The first-order valence-electron chi connectivity index (χ1n) is 6.31. The average molecular weight is 353 g/mol. The maximum Gasteiger partial charge on any atom is 0.512 e. The van der Waals surface area contributed by atoms with E-state index in [1.165, 1.54) is 0 Å². The Labute approximate surface area is 122 Å². The zero-order valence-corrected chi connectivity index (χ0v) is 13.1. The van der Waals surface area contributed by atoms with Crippen LogP contribution in [0.15, 0.2) is 0 Å². The lowest BCUT2D eigenvalue weighted by Crippen LogP contribution is -2.46. The highest BCUT2D eigenvalue weighted by Crippen LogP contribution is 2.33. The van der Waals surface area contributed by atoms with E-state index in [9.17, 15) is 35.1 Å². The van der Waals surface area contributed by atoms with Gasteiger partial charge in [-0.2, -0.15) is 13.2 Å². The van der Waals surface area contributed by atoms with Crippen molar-refractivity contribution in [2.75, 3.05) is 12.8 Å². The lowest BCUT2D eigenvalue weighted by Gasteiger charge is -2.33. The van der Waals surface area contributed by atoms with Crippen LogP contribution in [0.3, 0.4) is 0 Å². The van der Waals surface area contributed by atoms with E-state index in [-0.39, 0.29) is 6.42 Å². The van der Waals surface area contributed by atoms with Crippen LogP contribution < -0.4 is 0 Å². The summed E-state index contributed by atoms with van der Waals surface area (Å²) in [6, 6.07) is 0. The molecule has 21 heavy (non-hydrogen) atoms. The van der Waals surface area contributed by atoms with Gasteiger partial charge >= 0.3 is 15.5 Å². The molecule has 1 fully saturated rings. The first-order chi connectivity index (χ1) is 9.30. The number of nitrogens with zero attached hydrogens (tertiary/aromatic N) is 1. The molecule has 0 atom stereocenters. The Morgan fingerprint density at radius 1 is 1.10 bits per heavy atom. The average Bonchev–Trinajstić information content (AvgIpc) is 2.26. The van der Waals surface area contributed by atoms with Gasteiger partial charge in [0.05, 0.1) is 11.9 Å². The Morgan fingerprint density at radius 3 is 1.95 bits per heavy atom. The minimum absolute atomic E-state index is 0.316. The van der Waals surface area contributed by atoms with Crippen LogP contribution in [-0.4, -0.2) is 49.6 Å². The van der Waals surface area contributed by atoms with Crippen molar-refractivity contribution in [2.45, 2.75) is 49.6 Å². The number of halogens is 3. The maximum atomic E-state index is 12.5. The third kappa shape index (κ3) is 4.54. The fourth-order valence-corrected chi connectivity index (χ4v) is 5.00. The van der Waals surface area contributed by atoms with Crippen molar-refractivity contribution in [3.8, 4) is 0 Å². The number of hydrogen-bond acceptors (Lipinski definition) is 5. The van der Waals surface area contributed by atoms with Crippen molar-refractivity contribution in [3.05, 3.63) is 0 Å². The third-order valence-corrected chi connectivity index (χ3v) is 7.10. The van der Waals surface area contributed by atoms with E-state index in [2.05, 4.69) is 0 Å². The van der Waals surface area contributed by atoms with Crippen molar-refractivity contribution in [3.63, 3.8) is 0 Å². The van der Waals surface area contributed by atoms with Gasteiger partial charge in [-0.3, -0.25) is 0 Å². The maximum absolute atomic E-state index is 12.5. The molecule has 0 heterocycles. The topological polar surface area (TPSA) is 91.8 Å². The molecule has 0 aromatic carbocycles. The number of rotatable bonds is 5. The van der Waals surface area contributed by atoms with E-state index >= 15 is 0 Å². The molecular formula is C10H18F3NO5S2. The first-order valence-corrected chi connectivity index (χ1v) is 9.60. The predicted octanol–water partition coefficient (Wildman–Crippen LogP) is 1.18. The Hall–Kier alpha value is -0.390. The zero-order valence-electron chi connectivity index (χ0n) is 11.4. The van der Waals surface area contributed by atoms with Gasteiger partial charge < -0.3 is 5.11 Å². The van der Waals surface area contributed by atoms with Crippen molar-refractivity contribution in [1.29, 1.82) is 0 Å². The summed E-state index contributed by atoms with van der Waals surface area (Å²) in [6.07, 6.45) is 2.88. The molecule has 1 aliphatic carbocycles. The predicted molar refractivity (Wildman–Crippen MR) is 69.2 cm³/mol. The molecule has 0 aromatic rings. The standard InChI is InChI=1S/C10H18F3NO5S2/c1-20(16,17)14(21(18,19)10(11,12)13)8-7-9(15)5-3-2-4-6-9/h15H,2-8H2,1H3. The smallest absolute Gasteiger partial charge is 0.390 e. The quantitative estimate of drug-likeness (QED) is 0.801. The van der Waals surface area contributed by atoms with E-state index in [0.29, 0.717) is 31.9 Å². The summed E-state index contributed by atoms with van der Waals surface area (Å²) >= 11 is 0. The van der Waals surface area contributed by atoms with Gasteiger partial charge in [0.1, 0.15) is 0 Å². The van der Waals surface area contributed by atoms with Gasteiger partial charge in [0.25, 0.3) is 0 Å². The lowest BCUT2D eigenvalue weighted by atomic mass is 9.83. The molecule has 11 heteroatoms. The van der Waals surface area contributed by atoms with Gasteiger partial charge in [0.2, 0.25) is 10.0 Å². The second kappa shape index (κ2) is 6.01. The Bertz CT molecular complexity index is 564. The molecular weight excluding hydrogens is 335 g/mol. The van der Waals surface area contributed by atoms with Crippen LogP contribution in [0.5, 0.6) is 0 Å². The molecule has 0 radical (unpaired) electrons. The largest absolute Gasteiger partial charge is 0.512 e. The molecule has 0 aliphatic heterocycles. The summed E-state index contributed by atoms with van der Waals surface area (Å²) < 4.78 is 82.3. The zero-order chi connectivity index (χ0) is 16.5. The number of alkyl halides is 3. The summed E-state index contributed by atoms with van der Waals surface area (Å²) in [6.45, 7) is -0.919. The van der Waals surface area contributed by atoms with E-state index in [0.717, 1.165) is 6.42 Å². The molecule has 0 saturated heterocycles. The van der Waals surface area contributed by atoms with E-state index < -0.39 is 41.4 Å². The molecule has 0 aromatic heterocycles. The van der Waals surface area contributed by atoms with Crippen LogP contribution in [0.2, 0.25) is 0 Å². The molecule has 6 nitrogen and oxygen atoms in total. The summed E-state index contributed by atoms with van der Waals surface area (Å²) in [5.74, 6) is 0. The molecule has 0 unspecified atom stereocenters. The van der Waals surface area contributed by atoms with Gasteiger partial charge in [-0.1, -0.05) is 23.0 Å². The van der Waals surface area contributed by atoms with Gasteiger partial charge in [0, 0.05) is 6.54 Å². The highest BCUT2D eigenvalue weighted by atomic mass is 32.3. The summed E-state index contributed by atoms with van der Waals surface area (Å²) in [5, 5.41) is 10.2. The highest BCUT2D eigenvalue weighted by Gasteiger charge is 2.53. The minimum Gasteiger partial charge on any atom is -0.390 e. The lowest BCUT2D eigenvalue weighted by molar-refractivity contribution is -0.0480. The van der Waals surface area contributed by atoms with Crippen LogP contribution in [-0.2, 0) is 20.0 Å². The van der Waals surface area contributed by atoms with E-state index in [1.807, 2.05) is 0 Å². The molecule has 1 N–H and O–H groups in total. The van der Waals surface area contributed by atoms with Gasteiger partial charge in [0.15, 0.2) is 0 Å². The van der Waals surface area contributed by atoms with Gasteiger partial charge in [-0.25, -0.2) is 16.8 Å². The van der Waals surface area contributed by atoms with Crippen molar-refractivity contribution in [1.82, 2.24) is 3.71 Å². The fraction of sp³-hybridized carbons (Fsp3) is 1.00. The monoisotopic (exact) mass is 353 g/mol. The second-order valence-electron chi connectivity index (χ2n) is 5.25. The van der Waals surface area contributed by atoms with Crippen LogP contribution >= 0.6 is 0 Å². The SMILES string of the molecule is CS(=O)(=O)N(CCC1(O)CCCCC1)S(=O)(=O)C(F)(F)F. The first kappa shape index (κ1) is 18.7. The molecule has 1 aliphatic rings. The highest BCUT2D eigenvalue weighted by molar-refractivity contribution is 8.04. The van der Waals surface area contributed by atoms with E-state index in [1.54, 1.807) is 0 Å². The normalized spacial score (nSPS) is 20.7. The fourth-order valence-electron chi connectivity index (χ4n) is 2.34. The van der Waals surface area contributed by atoms with Crippen molar-refractivity contribution in [2.24, 2.45) is 0 Å². The second-order valence-corrected chi connectivity index (χ2v) is 9.24. The van der Waals surface area contributed by atoms with Crippen molar-refractivity contribution >= 4 is 20.0 Å². The van der Waals surface area contributed by atoms with Gasteiger partial charge in [-0.05, 0) is 19.3 Å². The summed E-state index contributed by atoms with van der Waals surface area (Å²) in [5.41, 5.74) is -7.02. The summed E-state index contributed by atoms with van der Waals surface area (Å²) in [4.78, 5) is 0. The van der Waals surface area contributed by atoms with Crippen LogP contribution in [0.4, 0.5) is 13.2 Å². The number of hydrogen-bond donors (Lipinski definition) is 1. The molecule has 1 rings (SSSR count). The molecule has 1 saturated carbocycles. The van der Waals surface area contributed by atoms with Crippen LogP contribution in [0.1, 0.15) is 38.5 Å². The molecule has 0 amide bonds. The number of sulfonamides is 2. The Morgan fingerprint density at radius 2 is 1.57 bits per heavy atom. The number of aliphatic hydroxyl groups is 1. The summed E-state index contributed by atoms with van der Waals surface area (Å²) in [7, 11) is -10.6. The molecule has 126 valence electrons. The Balaban J connectivity index is 2.97. The van der Waals surface area contributed by atoms with E-state index in [4.69, 9.17) is 0 Å². The third-order valence-electron chi connectivity index (χ3n) is 3.47. The van der Waals surface area contributed by atoms with Gasteiger partial charge in [-0.15, -0.1) is 0 Å². The van der Waals surface area contributed by atoms with Crippen LogP contribution in [0, 0.1) is 0 Å². The minimum atomic E-state index is -5.99. The van der Waals surface area contributed by atoms with Crippen LogP contribution in [0.25, 0.3) is 0 Å². The van der Waals surface area contributed by atoms with Crippen molar-refractivity contribution < 1.29 is 35.1 Å². The Kier molecular flexibility index (Phi) is 5.34.